The molecule has 0 bridgehead atoms. The molecule has 0 unspecified atom stereocenters. The number of hydrogen-bond acceptors (Lipinski definition) is 3. The maximum atomic E-state index is 13.1. The molecule has 1 aliphatic rings. The van der Waals surface area contributed by atoms with Crippen LogP contribution in [0.4, 0.5) is 4.79 Å². The fourth-order valence-corrected chi connectivity index (χ4v) is 5.28. The highest BCUT2D eigenvalue weighted by Crippen LogP contribution is 2.23. The van der Waals surface area contributed by atoms with Crippen LogP contribution in [0.1, 0.15) is 22.7 Å². The Balaban J connectivity index is 1.44. The molecule has 1 N–H and O–H groups in total. The number of nitrogens with one attached hydrogen (secondary N) is 1. The number of amides is 2. The SMILES string of the molecule is Cc1ccc(S(=O)(=O)N2CCN(C(=O)NC(c3ccccc3)c3ccccc3)CC2)cc1. The molecule has 1 saturated heterocycles. The Morgan fingerprint density at radius 3 is 1.78 bits per heavy atom. The molecule has 3 aromatic rings. The van der Waals surface area contributed by atoms with Crippen LogP contribution in [-0.2, 0) is 10.0 Å². The summed E-state index contributed by atoms with van der Waals surface area (Å²) in [5, 5.41) is 3.13. The van der Waals surface area contributed by atoms with Crippen molar-refractivity contribution in [2.75, 3.05) is 26.2 Å². The van der Waals surface area contributed by atoms with Crippen LogP contribution in [0.15, 0.2) is 89.8 Å². The minimum absolute atomic E-state index is 0.199. The van der Waals surface area contributed by atoms with Gasteiger partial charge in [-0.25, -0.2) is 13.2 Å². The fraction of sp³-hybridized carbons (Fsp3) is 0.240. The van der Waals surface area contributed by atoms with Gasteiger partial charge in [-0.2, -0.15) is 4.31 Å². The molecule has 0 radical (unpaired) electrons. The van der Waals surface area contributed by atoms with Crippen LogP contribution in [-0.4, -0.2) is 49.8 Å². The summed E-state index contributed by atoms with van der Waals surface area (Å²) in [5.41, 5.74) is 3.00. The second-order valence-corrected chi connectivity index (χ2v) is 9.85. The summed E-state index contributed by atoms with van der Waals surface area (Å²) in [6, 6.07) is 26.0. The number of benzene rings is 3. The lowest BCUT2D eigenvalue weighted by molar-refractivity contribution is 0.170. The zero-order chi connectivity index (χ0) is 22.6. The quantitative estimate of drug-likeness (QED) is 0.644. The summed E-state index contributed by atoms with van der Waals surface area (Å²) in [5.74, 6) is 0. The van der Waals surface area contributed by atoms with Gasteiger partial charge >= 0.3 is 6.03 Å². The molecule has 7 heteroatoms. The van der Waals surface area contributed by atoms with E-state index in [2.05, 4.69) is 5.32 Å². The van der Waals surface area contributed by atoms with Crippen LogP contribution in [0.5, 0.6) is 0 Å². The smallest absolute Gasteiger partial charge is 0.318 e. The molecule has 0 aromatic heterocycles. The number of aryl methyl sites for hydroxylation is 1. The summed E-state index contributed by atoms with van der Waals surface area (Å²) in [7, 11) is -3.56. The van der Waals surface area contributed by atoms with Crippen molar-refractivity contribution in [1.29, 1.82) is 0 Å². The summed E-state index contributed by atoms with van der Waals surface area (Å²) in [6.45, 7) is 3.14. The second-order valence-electron chi connectivity index (χ2n) is 7.91. The third-order valence-electron chi connectivity index (χ3n) is 5.72. The van der Waals surface area contributed by atoms with Crippen LogP contribution >= 0.6 is 0 Å². The van der Waals surface area contributed by atoms with E-state index in [-0.39, 0.29) is 30.1 Å². The van der Waals surface area contributed by atoms with Crippen molar-refractivity contribution in [3.63, 3.8) is 0 Å². The summed E-state index contributed by atoms with van der Waals surface area (Å²) in [4.78, 5) is 15.0. The van der Waals surface area contributed by atoms with Crippen LogP contribution in [0.25, 0.3) is 0 Å². The number of hydrogen-bond donors (Lipinski definition) is 1. The van der Waals surface area contributed by atoms with E-state index < -0.39 is 10.0 Å². The molecule has 0 saturated carbocycles. The number of rotatable bonds is 5. The van der Waals surface area contributed by atoms with Gasteiger partial charge in [-0.15, -0.1) is 0 Å². The molecule has 32 heavy (non-hydrogen) atoms. The van der Waals surface area contributed by atoms with Gasteiger partial charge in [0.25, 0.3) is 0 Å². The second kappa shape index (κ2) is 9.54. The molecule has 4 rings (SSSR count). The number of nitrogens with zero attached hydrogens (tertiary/aromatic N) is 2. The highest BCUT2D eigenvalue weighted by atomic mass is 32.2. The van der Waals surface area contributed by atoms with Crippen molar-refractivity contribution in [2.24, 2.45) is 0 Å². The first-order valence-electron chi connectivity index (χ1n) is 10.7. The zero-order valence-electron chi connectivity index (χ0n) is 18.0. The van der Waals surface area contributed by atoms with Crippen molar-refractivity contribution in [1.82, 2.24) is 14.5 Å². The molecule has 6 nitrogen and oxygen atoms in total. The molecular weight excluding hydrogens is 422 g/mol. The van der Waals surface area contributed by atoms with E-state index >= 15 is 0 Å². The lowest BCUT2D eigenvalue weighted by atomic mass is 9.99. The van der Waals surface area contributed by atoms with Crippen molar-refractivity contribution >= 4 is 16.1 Å². The Kier molecular flexibility index (Phi) is 6.58. The van der Waals surface area contributed by atoms with Gasteiger partial charge in [0.2, 0.25) is 10.0 Å². The lowest BCUT2D eigenvalue weighted by Gasteiger charge is -2.35. The Hall–Kier alpha value is -3.16. The first-order valence-corrected chi connectivity index (χ1v) is 12.1. The highest BCUT2D eigenvalue weighted by molar-refractivity contribution is 7.89. The number of piperazine rings is 1. The third kappa shape index (κ3) is 4.84. The number of carbonyl (C=O) groups excluding carboxylic acids is 1. The predicted octanol–water partition coefficient (Wildman–Crippen LogP) is 3.80. The molecule has 1 aliphatic heterocycles. The van der Waals surface area contributed by atoms with Gasteiger partial charge in [0.05, 0.1) is 10.9 Å². The van der Waals surface area contributed by atoms with Crippen molar-refractivity contribution in [3.05, 3.63) is 102 Å². The van der Waals surface area contributed by atoms with Gasteiger partial charge in [0.1, 0.15) is 0 Å². The monoisotopic (exact) mass is 449 g/mol. The number of carbonyl (C=O) groups is 1. The summed E-state index contributed by atoms with van der Waals surface area (Å²) >= 11 is 0. The van der Waals surface area contributed by atoms with Gasteiger partial charge in [0.15, 0.2) is 0 Å². The van der Waals surface area contributed by atoms with E-state index in [1.165, 1.54) is 4.31 Å². The molecule has 0 atom stereocenters. The van der Waals surface area contributed by atoms with Gasteiger partial charge in [-0.3, -0.25) is 0 Å². The molecular formula is C25H27N3O3S. The molecule has 1 heterocycles. The first-order chi connectivity index (χ1) is 15.4. The van der Waals surface area contributed by atoms with Crippen molar-refractivity contribution < 1.29 is 13.2 Å². The van der Waals surface area contributed by atoms with E-state index in [0.29, 0.717) is 13.1 Å². The average molecular weight is 450 g/mol. The van der Waals surface area contributed by atoms with Crippen LogP contribution in [0.3, 0.4) is 0 Å². The number of sulfonamides is 1. The summed E-state index contributed by atoms with van der Waals surface area (Å²) in [6.07, 6.45) is 0. The van der Waals surface area contributed by atoms with E-state index in [9.17, 15) is 13.2 Å². The Morgan fingerprint density at radius 1 is 0.781 bits per heavy atom. The van der Waals surface area contributed by atoms with Gasteiger partial charge < -0.3 is 10.2 Å². The topological polar surface area (TPSA) is 69.7 Å². The van der Waals surface area contributed by atoms with Crippen LogP contribution < -0.4 is 5.32 Å². The van der Waals surface area contributed by atoms with Gasteiger partial charge in [0, 0.05) is 26.2 Å². The molecule has 2 amide bonds. The Bertz CT molecular complexity index is 1100. The van der Waals surface area contributed by atoms with Gasteiger partial charge in [-0.05, 0) is 30.2 Å². The zero-order valence-corrected chi connectivity index (χ0v) is 18.8. The summed E-state index contributed by atoms with van der Waals surface area (Å²) < 4.78 is 27.3. The van der Waals surface area contributed by atoms with E-state index in [1.807, 2.05) is 67.6 Å². The predicted molar refractivity (Wildman–Crippen MR) is 125 cm³/mol. The first kappa shape index (κ1) is 22.0. The molecule has 3 aromatic carbocycles. The minimum Gasteiger partial charge on any atom is -0.327 e. The van der Waals surface area contributed by atoms with Crippen LogP contribution in [0.2, 0.25) is 0 Å². The fourth-order valence-electron chi connectivity index (χ4n) is 3.86. The lowest BCUT2D eigenvalue weighted by Crippen LogP contribution is -2.53. The van der Waals surface area contributed by atoms with E-state index in [4.69, 9.17) is 0 Å². The normalized spacial score (nSPS) is 15.0. The number of urea groups is 1. The van der Waals surface area contributed by atoms with Crippen molar-refractivity contribution in [3.8, 4) is 0 Å². The highest BCUT2D eigenvalue weighted by Gasteiger charge is 2.31. The average Bonchev–Trinajstić information content (AvgIpc) is 2.84. The largest absolute Gasteiger partial charge is 0.327 e. The molecule has 0 aliphatic carbocycles. The van der Waals surface area contributed by atoms with E-state index in [1.54, 1.807) is 29.2 Å². The van der Waals surface area contributed by atoms with Gasteiger partial charge in [-0.1, -0.05) is 78.4 Å². The molecule has 1 fully saturated rings. The maximum Gasteiger partial charge on any atom is 0.318 e. The Morgan fingerprint density at radius 2 is 1.28 bits per heavy atom. The standard InChI is InChI=1S/C25H27N3O3S/c1-20-12-14-23(15-13-20)32(30,31)28-18-16-27(17-19-28)25(29)26-24(21-8-4-2-5-9-21)22-10-6-3-7-11-22/h2-15,24H,16-19H2,1H3,(H,26,29). The Labute approximate surface area is 189 Å². The minimum atomic E-state index is -3.56. The van der Waals surface area contributed by atoms with Crippen LogP contribution in [0, 0.1) is 6.92 Å². The molecule has 166 valence electrons. The van der Waals surface area contributed by atoms with E-state index in [0.717, 1.165) is 16.7 Å². The van der Waals surface area contributed by atoms with Crippen molar-refractivity contribution in [2.45, 2.75) is 17.9 Å². The maximum absolute atomic E-state index is 13.1. The third-order valence-corrected chi connectivity index (χ3v) is 7.63. The molecule has 0 spiro atoms.